The van der Waals surface area contributed by atoms with Crippen molar-refractivity contribution in [3.8, 4) is 0 Å². The Bertz CT molecular complexity index is 391. The summed E-state index contributed by atoms with van der Waals surface area (Å²) < 4.78 is 16.0. The van der Waals surface area contributed by atoms with Gasteiger partial charge in [-0.05, 0) is 29.4 Å². The second-order valence-electron chi connectivity index (χ2n) is 4.05. The molecule has 1 aromatic carbocycles. The molecular formula is C13H18O4P+. The SMILES string of the molecule is CO[P+](=O)C(CCCCc1ccccc1)C(=O)O. The largest absolute Gasteiger partial charge is 0.523 e. The van der Waals surface area contributed by atoms with Crippen molar-refractivity contribution in [1.29, 1.82) is 0 Å². The molecule has 98 valence electrons. The third-order valence-corrected chi connectivity index (χ3v) is 4.10. The van der Waals surface area contributed by atoms with Gasteiger partial charge in [-0.1, -0.05) is 30.3 Å². The highest BCUT2D eigenvalue weighted by atomic mass is 31.1. The molecule has 0 bridgehead atoms. The second kappa shape index (κ2) is 7.96. The van der Waals surface area contributed by atoms with E-state index in [1.807, 2.05) is 30.3 Å². The number of aliphatic carboxylic acids is 1. The lowest BCUT2D eigenvalue weighted by atomic mass is 10.1. The van der Waals surface area contributed by atoms with E-state index in [-0.39, 0.29) is 0 Å². The van der Waals surface area contributed by atoms with E-state index in [4.69, 9.17) is 5.11 Å². The van der Waals surface area contributed by atoms with Crippen molar-refractivity contribution in [2.45, 2.75) is 31.3 Å². The summed E-state index contributed by atoms with van der Waals surface area (Å²) in [7, 11) is -0.825. The zero-order valence-corrected chi connectivity index (χ0v) is 11.3. The zero-order chi connectivity index (χ0) is 13.4. The molecule has 0 saturated carbocycles. The minimum Gasteiger partial charge on any atom is -0.478 e. The summed E-state index contributed by atoms with van der Waals surface area (Å²) in [4.78, 5) is 10.9. The van der Waals surface area contributed by atoms with Crippen molar-refractivity contribution < 1.29 is 19.0 Å². The van der Waals surface area contributed by atoms with Crippen molar-refractivity contribution in [2.24, 2.45) is 0 Å². The second-order valence-corrected chi connectivity index (χ2v) is 5.61. The van der Waals surface area contributed by atoms with Crippen LogP contribution in [-0.4, -0.2) is 23.8 Å². The molecule has 0 aliphatic heterocycles. The lowest BCUT2D eigenvalue weighted by molar-refractivity contribution is -0.136. The maximum Gasteiger partial charge on any atom is 0.523 e. The van der Waals surface area contributed by atoms with Gasteiger partial charge in [-0.25, -0.2) is 4.79 Å². The summed E-state index contributed by atoms with van der Waals surface area (Å²) in [6.45, 7) is 0. The van der Waals surface area contributed by atoms with E-state index in [9.17, 15) is 9.36 Å². The summed E-state index contributed by atoms with van der Waals surface area (Å²) >= 11 is 0. The van der Waals surface area contributed by atoms with Gasteiger partial charge in [0.1, 0.15) is 0 Å². The van der Waals surface area contributed by atoms with Crippen LogP contribution in [0.2, 0.25) is 0 Å². The number of aryl methyl sites for hydroxylation is 1. The Morgan fingerprint density at radius 3 is 2.56 bits per heavy atom. The minimum absolute atomic E-state index is 0.394. The molecule has 5 heteroatoms. The van der Waals surface area contributed by atoms with Crippen LogP contribution in [0.25, 0.3) is 0 Å². The summed E-state index contributed by atoms with van der Waals surface area (Å²) in [6, 6.07) is 10.0. The lowest BCUT2D eigenvalue weighted by Gasteiger charge is -2.02. The van der Waals surface area contributed by atoms with E-state index >= 15 is 0 Å². The Balaban J connectivity index is 2.31. The molecule has 0 aromatic heterocycles. The Morgan fingerprint density at radius 2 is 2.00 bits per heavy atom. The predicted molar refractivity (Wildman–Crippen MR) is 70.0 cm³/mol. The molecule has 0 aliphatic rings. The van der Waals surface area contributed by atoms with E-state index < -0.39 is 19.7 Å². The average molecular weight is 269 g/mol. The zero-order valence-electron chi connectivity index (χ0n) is 10.4. The molecule has 0 amide bonds. The maximum absolute atomic E-state index is 11.4. The standard InChI is InChI=1S/C13H17O4P/c1-17-18(16)12(13(14)15)10-6-5-9-11-7-3-2-4-8-11/h2-4,7-8,12H,5-6,9-10H2,1H3/p+1. The molecule has 1 N–H and O–H groups in total. The van der Waals surface area contributed by atoms with Crippen molar-refractivity contribution in [2.75, 3.05) is 7.11 Å². The van der Waals surface area contributed by atoms with Crippen LogP contribution in [0.3, 0.4) is 0 Å². The van der Waals surface area contributed by atoms with Crippen LogP contribution in [0.15, 0.2) is 30.3 Å². The lowest BCUT2D eigenvalue weighted by Crippen LogP contribution is -2.16. The highest BCUT2D eigenvalue weighted by Gasteiger charge is 2.38. The molecule has 1 rings (SSSR count). The first-order valence-corrected chi connectivity index (χ1v) is 7.17. The summed E-state index contributed by atoms with van der Waals surface area (Å²) in [6.07, 6.45) is 2.93. The van der Waals surface area contributed by atoms with E-state index in [0.29, 0.717) is 6.42 Å². The summed E-state index contributed by atoms with van der Waals surface area (Å²) in [5.74, 6) is -1.04. The Morgan fingerprint density at radius 1 is 1.33 bits per heavy atom. The van der Waals surface area contributed by atoms with Crippen LogP contribution in [0.1, 0.15) is 24.8 Å². The molecule has 0 radical (unpaired) electrons. The smallest absolute Gasteiger partial charge is 0.478 e. The fourth-order valence-electron chi connectivity index (χ4n) is 1.76. The van der Waals surface area contributed by atoms with Crippen molar-refractivity contribution >= 4 is 14.0 Å². The van der Waals surface area contributed by atoms with Crippen molar-refractivity contribution in [3.63, 3.8) is 0 Å². The van der Waals surface area contributed by atoms with Crippen LogP contribution >= 0.6 is 8.03 Å². The Labute approximate surface area is 108 Å². The van der Waals surface area contributed by atoms with Gasteiger partial charge in [-0.3, -0.25) is 0 Å². The van der Waals surface area contributed by atoms with E-state index in [1.165, 1.54) is 12.7 Å². The van der Waals surface area contributed by atoms with Crippen LogP contribution in [0.5, 0.6) is 0 Å². The molecule has 18 heavy (non-hydrogen) atoms. The number of unbranched alkanes of at least 4 members (excludes halogenated alkanes) is 1. The van der Waals surface area contributed by atoms with E-state index in [0.717, 1.165) is 19.3 Å². The first kappa shape index (κ1) is 14.8. The highest BCUT2D eigenvalue weighted by molar-refractivity contribution is 7.41. The van der Waals surface area contributed by atoms with Crippen LogP contribution in [-0.2, 0) is 20.3 Å². The monoisotopic (exact) mass is 269 g/mol. The first-order chi connectivity index (χ1) is 8.65. The van der Waals surface area contributed by atoms with Gasteiger partial charge in [0.25, 0.3) is 5.66 Å². The van der Waals surface area contributed by atoms with E-state index in [1.54, 1.807) is 0 Å². The number of carbonyl (C=O) groups is 1. The molecule has 2 atom stereocenters. The number of carboxylic acid groups (broad SMARTS) is 1. The average Bonchev–Trinajstić information content (AvgIpc) is 2.38. The molecule has 0 aliphatic carbocycles. The Kier molecular flexibility index (Phi) is 6.55. The molecule has 0 spiro atoms. The molecule has 0 heterocycles. The van der Waals surface area contributed by atoms with Gasteiger partial charge in [0.05, 0.1) is 7.11 Å². The van der Waals surface area contributed by atoms with Gasteiger partial charge in [0, 0.05) is 6.42 Å². The highest BCUT2D eigenvalue weighted by Crippen LogP contribution is 2.32. The number of hydrogen-bond donors (Lipinski definition) is 1. The van der Waals surface area contributed by atoms with E-state index in [2.05, 4.69) is 4.52 Å². The predicted octanol–water partition coefficient (Wildman–Crippen LogP) is 3.24. The molecule has 0 fully saturated rings. The number of hydrogen-bond acceptors (Lipinski definition) is 3. The van der Waals surface area contributed by atoms with Gasteiger partial charge in [-0.2, -0.15) is 0 Å². The molecule has 1 aromatic rings. The fraction of sp³-hybridized carbons (Fsp3) is 0.462. The maximum atomic E-state index is 11.4. The number of carboxylic acids is 1. The number of rotatable bonds is 8. The van der Waals surface area contributed by atoms with Crippen LogP contribution in [0.4, 0.5) is 0 Å². The van der Waals surface area contributed by atoms with Crippen molar-refractivity contribution in [1.82, 2.24) is 0 Å². The van der Waals surface area contributed by atoms with Gasteiger partial charge in [-0.15, -0.1) is 4.52 Å². The summed E-state index contributed by atoms with van der Waals surface area (Å²) in [5.41, 5.74) is 0.348. The van der Waals surface area contributed by atoms with Gasteiger partial charge >= 0.3 is 14.0 Å². The minimum atomic E-state index is -2.10. The van der Waals surface area contributed by atoms with Gasteiger partial charge in [0.15, 0.2) is 0 Å². The van der Waals surface area contributed by atoms with Crippen LogP contribution < -0.4 is 0 Å². The molecule has 0 saturated heterocycles. The topological polar surface area (TPSA) is 63.6 Å². The summed E-state index contributed by atoms with van der Waals surface area (Å²) in [5, 5.41) is 8.93. The Hall–Kier alpha value is -1.25. The van der Waals surface area contributed by atoms with Gasteiger partial charge < -0.3 is 5.11 Å². The van der Waals surface area contributed by atoms with Crippen molar-refractivity contribution in [3.05, 3.63) is 35.9 Å². The third-order valence-electron chi connectivity index (χ3n) is 2.76. The molecule has 2 unspecified atom stereocenters. The third kappa shape index (κ3) is 4.94. The van der Waals surface area contributed by atoms with Gasteiger partial charge in [0.2, 0.25) is 0 Å². The normalized spacial score (nSPS) is 13.1. The van der Waals surface area contributed by atoms with Crippen LogP contribution in [0, 0.1) is 0 Å². The quantitative estimate of drug-likeness (QED) is 0.581. The molecule has 4 nitrogen and oxygen atoms in total. The first-order valence-electron chi connectivity index (χ1n) is 5.92. The molecular weight excluding hydrogens is 251 g/mol. The fourth-order valence-corrected chi connectivity index (χ4v) is 2.59. The number of benzene rings is 1.